The summed E-state index contributed by atoms with van der Waals surface area (Å²) in [6.45, 7) is 1.48. The summed E-state index contributed by atoms with van der Waals surface area (Å²) < 4.78 is 4.98. The van der Waals surface area contributed by atoms with E-state index in [0.717, 1.165) is 16.3 Å². The van der Waals surface area contributed by atoms with Crippen LogP contribution >= 0.6 is 0 Å². The molecule has 0 spiro atoms. The molecule has 0 aliphatic carbocycles. The van der Waals surface area contributed by atoms with Crippen molar-refractivity contribution in [3.05, 3.63) is 78.4 Å². The largest absolute Gasteiger partial charge is 0.456 e. The predicted molar refractivity (Wildman–Crippen MR) is 116 cm³/mol. The summed E-state index contributed by atoms with van der Waals surface area (Å²) >= 11 is 0. The number of ether oxygens (including phenoxy) is 1. The van der Waals surface area contributed by atoms with E-state index >= 15 is 0 Å². The van der Waals surface area contributed by atoms with Gasteiger partial charge in [0, 0.05) is 17.5 Å². The quantitative estimate of drug-likeness (QED) is 0.556. The Morgan fingerprint density at radius 3 is 2.33 bits per heavy atom. The molecular weight excluding hydrogens is 380 g/mol. The standard InChI is InChI=1S/C24H24N2O4/c1-17(18-8-3-2-4-9-18)25-23(28)16-30-24(29)15-14-22(27)26-21-13-7-11-19-10-5-6-12-20(19)21/h2-13,17H,14-16H2,1H3,(H,25,28)(H,26,27)/t17-/m0/s1. The Morgan fingerprint density at radius 1 is 0.833 bits per heavy atom. The van der Waals surface area contributed by atoms with Gasteiger partial charge < -0.3 is 15.4 Å². The second-order valence-corrected chi connectivity index (χ2v) is 6.94. The van der Waals surface area contributed by atoms with Crippen LogP contribution in [0.4, 0.5) is 5.69 Å². The zero-order chi connectivity index (χ0) is 21.3. The maximum atomic E-state index is 12.2. The molecule has 0 unspecified atom stereocenters. The maximum absolute atomic E-state index is 12.2. The summed E-state index contributed by atoms with van der Waals surface area (Å²) in [6, 6.07) is 22.7. The predicted octanol–water partition coefficient (Wildman–Crippen LogP) is 3.98. The highest BCUT2D eigenvalue weighted by atomic mass is 16.5. The van der Waals surface area contributed by atoms with Gasteiger partial charge in [-0.3, -0.25) is 14.4 Å². The second-order valence-electron chi connectivity index (χ2n) is 6.94. The van der Waals surface area contributed by atoms with E-state index < -0.39 is 5.97 Å². The van der Waals surface area contributed by atoms with Crippen LogP contribution in [0.5, 0.6) is 0 Å². The third-order valence-corrected chi connectivity index (χ3v) is 4.66. The summed E-state index contributed by atoms with van der Waals surface area (Å²) in [4.78, 5) is 36.1. The van der Waals surface area contributed by atoms with Gasteiger partial charge in [-0.25, -0.2) is 0 Å². The number of nitrogens with one attached hydrogen (secondary N) is 2. The van der Waals surface area contributed by atoms with E-state index in [1.165, 1.54) is 0 Å². The molecule has 6 nitrogen and oxygen atoms in total. The first-order chi connectivity index (χ1) is 14.5. The van der Waals surface area contributed by atoms with Gasteiger partial charge in [0.15, 0.2) is 6.61 Å². The van der Waals surface area contributed by atoms with Crippen molar-refractivity contribution in [3.63, 3.8) is 0 Å². The van der Waals surface area contributed by atoms with Gasteiger partial charge in [-0.1, -0.05) is 66.7 Å². The zero-order valence-corrected chi connectivity index (χ0v) is 16.8. The highest BCUT2D eigenvalue weighted by Gasteiger charge is 2.13. The van der Waals surface area contributed by atoms with E-state index in [1.807, 2.05) is 79.7 Å². The minimum Gasteiger partial charge on any atom is -0.456 e. The molecule has 1 atom stereocenters. The lowest BCUT2D eigenvalue weighted by molar-refractivity contribution is -0.149. The van der Waals surface area contributed by atoms with Crippen LogP contribution in [0.15, 0.2) is 72.8 Å². The molecule has 0 aliphatic heterocycles. The molecule has 2 amide bonds. The second kappa shape index (κ2) is 10.2. The van der Waals surface area contributed by atoms with Gasteiger partial charge in [-0.05, 0) is 23.9 Å². The number of hydrogen-bond acceptors (Lipinski definition) is 4. The molecule has 0 bridgehead atoms. The van der Waals surface area contributed by atoms with Crippen molar-refractivity contribution < 1.29 is 19.1 Å². The molecule has 0 saturated carbocycles. The number of amides is 2. The number of hydrogen-bond donors (Lipinski definition) is 2. The topological polar surface area (TPSA) is 84.5 Å². The van der Waals surface area contributed by atoms with Crippen molar-refractivity contribution in [3.8, 4) is 0 Å². The first-order valence-electron chi connectivity index (χ1n) is 9.80. The minimum absolute atomic E-state index is 0.0237. The van der Waals surface area contributed by atoms with Gasteiger partial charge in [0.1, 0.15) is 0 Å². The fourth-order valence-corrected chi connectivity index (χ4v) is 3.09. The lowest BCUT2D eigenvalue weighted by Crippen LogP contribution is -2.31. The fourth-order valence-electron chi connectivity index (χ4n) is 3.09. The molecule has 6 heteroatoms. The van der Waals surface area contributed by atoms with Gasteiger partial charge in [-0.2, -0.15) is 0 Å². The normalized spacial score (nSPS) is 11.5. The van der Waals surface area contributed by atoms with Crippen LogP contribution < -0.4 is 10.6 Å². The van der Waals surface area contributed by atoms with Crippen LogP contribution in [0.2, 0.25) is 0 Å². The minimum atomic E-state index is -0.592. The molecule has 0 aromatic heterocycles. The van der Waals surface area contributed by atoms with Crippen molar-refractivity contribution in [1.82, 2.24) is 5.32 Å². The van der Waals surface area contributed by atoms with E-state index in [2.05, 4.69) is 10.6 Å². The third kappa shape index (κ3) is 5.91. The van der Waals surface area contributed by atoms with Crippen molar-refractivity contribution >= 4 is 34.2 Å². The van der Waals surface area contributed by atoms with Crippen molar-refractivity contribution in [2.24, 2.45) is 0 Å². The molecule has 0 saturated heterocycles. The maximum Gasteiger partial charge on any atom is 0.306 e. The lowest BCUT2D eigenvalue weighted by Gasteiger charge is -2.14. The number of carbonyl (C=O) groups excluding carboxylic acids is 3. The van der Waals surface area contributed by atoms with E-state index in [1.54, 1.807) is 0 Å². The Balaban J connectivity index is 1.41. The summed E-state index contributed by atoms with van der Waals surface area (Å²) in [5.74, 6) is -1.27. The average Bonchev–Trinajstić information content (AvgIpc) is 2.77. The lowest BCUT2D eigenvalue weighted by atomic mass is 10.1. The number of benzene rings is 3. The van der Waals surface area contributed by atoms with Crippen molar-refractivity contribution in [2.45, 2.75) is 25.8 Å². The van der Waals surface area contributed by atoms with Crippen LogP contribution in [-0.4, -0.2) is 24.4 Å². The highest BCUT2D eigenvalue weighted by molar-refractivity contribution is 6.02. The molecule has 30 heavy (non-hydrogen) atoms. The van der Waals surface area contributed by atoms with Crippen LogP contribution in [0, 0.1) is 0 Å². The molecule has 0 heterocycles. The van der Waals surface area contributed by atoms with Gasteiger partial charge in [0.25, 0.3) is 5.91 Å². The molecule has 2 N–H and O–H groups in total. The van der Waals surface area contributed by atoms with Crippen LogP contribution in [0.25, 0.3) is 10.8 Å². The number of esters is 1. The molecule has 3 rings (SSSR count). The van der Waals surface area contributed by atoms with Crippen LogP contribution in [-0.2, 0) is 19.1 Å². The average molecular weight is 404 g/mol. The molecule has 154 valence electrons. The van der Waals surface area contributed by atoms with E-state index in [4.69, 9.17) is 4.74 Å². The van der Waals surface area contributed by atoms with E-state index in [9.17, 15) is 14.4 Å². The Labute approximate surface area is 175 Å². The number of rotatable bonds is 8. The molecule has 0 fully saturated rings. The summed E-state index contributed by atoms with van der Waals surface area (Å²) in [5.41, 5.74) is 1.66. The number of fused-ring (bicyclic) bond motifs is 1. The zero-order valence-electron chi connectivity index (χ0n) is 16.8. The first-order valence-corrected chi connectivity index (χ1v) is 9.80. The van der Waals surface area contributed by atoms with Gasteiger partial charge >= 0.3 is 5.97 Å². The SMILES string of the molecule is C[C@H](NC(=O)COC(=O)CCC(=O)Nc1cccc2ccccc12)c1ccccc1. The smallest absolute Gasteiger partial charge is 0.306 e. The third-order valence-electron chi connectivity index (χ3n) is 4.66. The van der Waals surface area contributed by atoms with Gasteiger partial charge in [0.2, 0.25) is 5.91 Å². The molecule has 0 radical (unpaired) electrons. The molecule has 3 aromatic rings. The van der Waals surface area contributed by atoms with Crippen LogP contribution in [0.3, 0.4) is 0 Å². The highest BCUT2D eigenvalue weighted by Crippen LogP contribution is 2.23. The first kappa shape index (κ1) is 21.0. The van der Waals surface area contributed by atoms with Crippen molar-refractivity contribution in [1.29, 1.82) is 0 Å². The molecule has 0 aliphatic rings. The molecule has 3 aromatic carbocycles. The summed E-state index contributed by atoms with van der Waals surface area (Å²) in [7, 11) is 0. The Kier molecular flexibility index (Phi) is 7.16. The summed E-state index contributed by atoms with van der Waals surface area (Å²) in [5, 5.41) is 7.54. The van der Waals surface area contributed by atoms with E-state index in [-0.39, 0.29) is 37.3 Å². The van der Waals surface area contributed by atoms with Gasteiger partial charge in [-0.15, -0.1) is 0 Å². The van der Waals surface area contributed by atoms with E-state index in [0.29, 0.717) is 5.69 Å². The Morgan fingerprint density at radius 2 is 1.53 bits per heavy atom. The Hall–Kier alpha value is -3.67. The monoisotopic (exact) mass is 404 g/mol. The van der Waals surface area contributed by atoms with Crippen LogP contribution in [0.1, 0.15) is 31.4 Å². The molecular formula is C24H24N2O4. The van der Waals surface area contributed by atoms with Gasteiger partial charge in [0.05, 0.1) is 12.5 Å². The fraction of sp³-hybridized carbons (Fsp3) is 0.208. The number of carbonyl (C=O) groups is 3. The Bertz CT molecular complexity index is 1030. The van der Waals surface area contributed by atoms with Crippen molar-refractivity contribution in [2.75, 3.05) is 11.9 Å². The number of anilines is 1. The summed E-state index contributed by atoms with van der Waals surface area (Å²) in [6.07, 6.45) is -0.123.